The molecule has 0 aromatic rings. The molecule has 13 heteroatoms. The van der Waals surface area contributed by atoms with Crippen molar-refractivity contribution in [3.05, 3.63) is 12.7 Å². The Kier molecular flexibility index (Phi) is 10.2. The van der Waals surface area contributed by atoms with Crippen LogP contribution in [0.5, 0.6) is 0 Å². The number of likely N-dealkylation sites (tertiary alicyclic amines) is 1. The number of carbonyl (C=O) groups is 5. The molecule has 4 N–H and O–H groups in total. The van der Waals surface area contributed by atoms with E-state index >= 15 is 0 Å². The van der Waals surface area contributed by atoms with Crippen LogP contribution in [0.4, 0.5) is 4.79 Å². The smallest absolute Gasteiger partial charge is 0.315 e. The van der Waals surface area contributed by atoms with Crippen LogP contribution >= 0.6 is 0 Å². The highest BCUT2D eigenvalue weighted by molar-refractivity contribution is 7.92. The van der Waals surface area contributed by atoms with Crippen LogP contribution in [0, 0.1) is 40.4 Å². The Bertz CT molecular complexity index is 1580. The summed E-state index contributed by atoms with van der Waals surface area (Å²) in [5.41, 5.74) is -1.68. The number of hydrogen-bond donors (Lipinski definition) is 4. The average molecular weight is 744 g/mol. The van der Waals surface area contributed by atoms with Crippen LogP contribution in [0.2, 0.25) is 0 Å². The van der Waals surface area contributed by atoms with Crippen LogP contribution in [-0.2, 0) is 29.0 Å². The normalized spacial score (nSPS) is 32.3. The minimum atomic E-state index is -3.55. The molecule has 1 aliphatic heterocycles. The largest absolute Gasteiger partial charge is 0.346 e. The fourth-order valence-electron chi connectivity index (χ4n) is 9.89. The van der Waals surface area contributed by atoms with E-state index in [1.807, 2.05) is 6.92 Å². The minimum Gasteiger partial charge on any atom is -0.346 e. The predicted octanol–water partition coefficient (Wildman–Crippen LogP) is 3.65. The number of carbonyl (C=O) groups excluding carboxylic acids is 5. The molecule has 0 aromatic carbocycles. The molecule has 8 atom stereocenters. The molecule has 0 aromatic heterocycles. The SMILES string of the molecule is C=CCNC(=O)C(=O)C(CC1CC1)NC(=O)[C@@H]1[C@@H]2[C@H](CN1C(=O)[C@@H](NC(=O)N[C@]1(CS(=O)(=O)C(C)(C)C)C[C@H]3C[C@H]3C1)C1(C)CCCCC1)C2(C)C. The number of Topliss-reactive ketones (excluding diaryl/α,β-unsaturated/α-hetero) is 1. The summed E-state index contributed by atoms with van der Waals surface area (Å²) in [6.45, 7) is 15.3. The van der Waals surface area contributed by atoms with Crippen molar-refractivity contribution in [2.45, 2.75) is 141 Å². The third kappa shape index (κ3) is 7.67. The van der Waals surface area contributed by atoms with E-state index in [1.54, 1.807) is 25.7 Å². The van der Waals surface area contributed by atoms with E-state index < -0.39 is 67.3 Å². The molecule has 0 radical (unpaired) electrons. The number of nitrogens with zero attached hydrogens (tertiary/aromatic N) is 1. The topological polar surface area (TPSA) is 171 Å². The second-order valence-corrected chi connectivity index (χ2v) is 21.8. The zero-order valence-electron chi connectivity index (χ0n) is 32.0. The van der Waals surface area contributed by atoms with Gasteiger partial charge in [0, 0.05) is 13.1 Å². The van der Waals surface area contributed by atoms with E-state index in [9.17, 15) is 32.4 Å². The van der Waals surface area contributed by atoms with Crippen LogP contribution in [0.1, 0.15) is 112 Å². The number of sulfone groups is 1. The van der Waals surface area contributed by atoms with Crippen molar-refractivity contribution in [3.63, 3.8) is 0 Å². The molecule has 0 bridgehead atoms. The number of nitrogens with one attached hydrogen (secondary N) is 4. The lowest BCUT2D eigenvalue weighted by molar-refractivity contribution is -0.146. The molecule has 1 unspecified atom stereocenters. The van der Waals surface area contributed by atoms with Gasteiger partial charge in [0.05, 0.1) is 22.1 Å². The first-order chi connectivity index (χ1) is 24.2. The lowest BCUT2D eigenvalue weighted by Gasteiger charge is -2.44. The molecule has 5 aliphatic carbocycles. The second kappa shape index (κ2) is 13.7. The van der Waals surface area contributed by atoms with Crippen molar-refractivity contribution in [3.8, 4) is 0 Å². The van der Waals surface area contributed by atoms with Crippen LogP contribution in [0.15, 0.2) is 12.7 Å². The van der Waals surface area contributed by atoms with E-state index in [0.29, 0.717) is 37.6 Å². The van der Waals surface area contributed by atoms with Gasteiger partial charge in [-0.15, -0.1) is 6.58 Å². The molecular weight excluding hydrogens is 683 g/mol. The maximum absolute atomic E-state index is 14.9. The molecule has 0 spiro atoms. The van der Waals surface area contributed by atoms with Crippen molar-refractivity contribution < 1.29 is 32.4 Å². The van der Waals surface area contributed by atoms with Gasteiger partial charge in [-0.25, -0.2) is 13.2 Å². The van der Waals surface area contributed by atoms with Crippen molar-refractivity contribution >= 4 is 39.4 Å². The number of rotatable bonds is 14. The van der Waals surface area contributed by atoms with E-state index in [1.165, 1.54) is 6.08 Å². The highest BCUT2D eigenvalue weighted by atomic mass is 32.2. The Balaban J connectivity index is 1.24. The summed E-state index contributed by atoms with van der Waals surface area (Å²) in [6, 6.07) is -3.36. The number of fused-ring (bicyclic) bond motifs is 2. The monoisotopic (exact) mass is 743 g/mol. The van der Waals surface area contributed by atoms with Crippen LogP contribution in [0.25, 0.3) is 0 Å². The maximum atomic E-state index is 14.9. The Morgan fingerprint density at radius 3 is 2.17 bits per heavy atom. The Labute approximate surface area is 309 Å². The molecule has 6 rings (SSSR count). The van der Waals surface area contributed by atoms with Crippen LogP contribution < -0.4 is 21.3 Å². The Morgan fingerprint density at radius 1 is 0.962 bits per heavy atom. The minimum absolute atomic E-state index is 0.0744. The fraction of sp³-hybridized carbons (Fsp3) is 0.821. The number of hydrogen-bond acceptors (Lipinski definition) is 7. The highest BCUT2D eigenvalue weighted by Gasteiger charge is 2.70. The van der Waals surface area contributed by atoms with Crippen LogP contribution in [0.3, 0.4) is 0 Å². The van der Waals surface area contributed by atoms with Crippen molar-refractivity contribution in [1.82, 2.24) is 26.2 Å². The first-order valence-corrected chi connectivity index (χ1v) is 21.2. The zero-order chi connectivity index (χ0) is 38.0. The van der Waals surface area contributed by atoms with Crippen LogP contribution in [-0.4, -0.2) is 90.1 Å². The quantitative estimate of drug-likeness (QED) is 0.156. The van der Waals surface area contributed by atoms with Gasteiger partial charge in [-0.1, -0.05) is 59.0 Å². The molecule has 290 valence electrons. The third-order valence-corrected chi connectivity index (χ3v) is 16.5. The van der Waals surface area contributed by atoms with Crippen molar-refractivity contribution in [2.75, 3.05) is 18.8 Å². The summed E-state index contributed by atoms with van der Waals surface area (Å²) >= 11 is 0. The van der Waals surface area contributed by atoms with Gasteiger partial charge in [0.15, 0.2) is 9.84 Å². The van der Waals surface area contributed by atoms with Gasteiger partial charge >= 0.3 is 6.03 Å². The van der Waals surface area contributed by atoms with Gasteiger partial charge < -0.3 is 26.2 Å². The molecule has 12 nitrogen and oxygen atoms in total. The van der Waals surface area contributed by atoms with Gasteiger partial charge in [-0.3, -0.25) is 19.2 Å². The fourth-order valence-corrected chi connectivity index (χ4v) is 11.4. The number of ketones is 1. The average Bonchev–Trinajstić information content (AvgIpc) is 4.00. The van der Waals surface area contributed by atoms with Gasteiger partial charge in [0.25, 0.3) is 5.91 Å². The van der Waals surface area contributed by atoms with Crippen molar-refractivity contribution in [1.29, 1.82) is 0 Å². The van der Waals surface area contributed by atoms with Crippen molar-refractivity contribution in [2.24, 2.45) is 40.4 Å². The second-order valence-electron chi connectivity index (χ2n) is 19.1. The lowest BCUT2D eigenvalue weighted by atomic mass is 9.70. The summed E-state index contributed by atoms with van der Waals surface area (Å²) in [6.07, 6.45) is 10.2. The zero-order valence-corrected chi connectivity index (χ0v) is 32.8. The highest BCUT2D eigenvalue weighted by Crippen LogP contribution is 2.65. The van der Waals surface area contributed by atoms with Gasteiger partial charge in [-0.2, -0.15) is 0 Å². The van der Waals surface area contributed by atoms with E-state index in [0.717, 1.165) is 51.4 Å². The first-order valence-electron chi connectivity index (χ1n) is 19.6. The van der Waals surface area contributed by atoms with Gasteiger partial charge in [-0.05, 0) is 99.7 Å². The molecule has 5 saturated carbocycles. The Morgan fingerprint density at radius 2 is 1.60 bits per heavy atom. The van der Waals surface area contributed by atoms with Gasteiger partial charge in [0.1, 0.15) is 12.1 Å². The predicted molar refractivity (Wildman–Crippen MR) is 197 cm³/mol. The van der Waals surface area contributed by atoms with Gasteiger partial charge in [0.2, 0.25) is 17.6 Å². The molecule has 6 aliphatic rings. The third-order valence-electron chi connectivity index (χ3n) is 13.7. The Hall–Kier alpha value is -2.96. The standard InChI is InChI=1S/C39H61N5O7S/c1-8-16-40-33(47)30(45)27(17-23-12-13-23)41-32(46)29-28-26(37(28,5)6)21-44(29)34(48)31(38(7)14-10-9-11-15-38)42-35(49)43-39(19-24-18-25(24)20-39)22-52(50,51)36(2,3)4/h8,23-29,31H,1,9-22H2,2-7H3,(H,40,47)(H,41,46)(H2,42,43,49)/t24-,25+,26-,27?,28-,29-,31+,39-/m0/s1. The first kappa shape index (κ1) is 38.8. The summed E-state index contributed by atoms with van der Waals surface area (Å²) in [5, 5.41) is 11.6. The summed E-state index contributed by atoms with van der Waals surface area (Å²) in [4.78, 5) is 70.9. The number of amides is 5. The summed E-state index contributed by atoms with van der Waals surface area (Å²) < 4.78 is 25.9. The summed E-state index contributed by atoms with van der Waals surface area (Å²) in [5.74, 6) is -1.43. The lowest BCUT2D eigenvalue weighted by Crippen LogP contribution is -2.64. The molecule has 6 fully saturated rings. The molecule has 1 heterocycles. The molecular formula is C39H61N5O7S. The molecule has 1 saturated heterocycles. The molecule has 5 amide bonds. The maximum Gasteiger partial charge on any atom is 0.315 e. The number of piperidine rings is 1. The number of urea groups is 1. The van der Waals surface area contributed by atoms with E-state index in [2.05, 4.69) is 41.7 Å². The van der Waals surface area contributed by atoms with E-state index in [4.69, 9.17) is 0 Å². The molecule has 52 heavy (non-hydrogen) atoms. The van der Waals surface area contributed by atoms with E-state index in [-0.39, 0.29) is 41.4 Å². The summed E-state index contributed by atoms with van der Waals surface area (Å²) in [7, 11) is -3.55.